The molecule has 1 nitrogen and oxygen atoms in total. The smallest absolute Gasteiger partial charge is 0 e. The summed E-state index contributed by atoms with van der Waals surface area (Å²) in [6.07, 6.45) is 16.7. The van der Waals surface area contributed by atoms with Crippen LogP contribution in [0, 0.1) is 49.6 Å². The molecule has 1 aliphatic carbocycles. The Hall–Kier alpha value is -1.93. The molecule has 2 heteroatoms. The topological polar surface area (TPSA) is 12.0 Å². The molecular formula is C30H44NTi-5. The van der Waals surface area contributed by atoms with Gasteiger partial charge in [0.1, 0.15) is 0 Å². The van der Waals surface area contributed by atoms with Gasteiger partial charge in [0.05, 0.1) is 0 Å². The Bertz CT molecular complexity index is 707. The molecule has 0 spiro atoms. The zero-order valence-electron chi connectivity index (χ0n) is 21.8. The normalized spacial score (nSPS) is 10.5. The third-order valence-corrected chi connectivity index (χ3v) is 3.71. The Labute approximate surface area is 216 Å². The maximum atomic E-state index is 3.12. The maximum Gasteiger partial charge on any atom is 0 e. The first-order chi connectivity index (χ1) is 13.0. The predicted octanol–water partition coefficient (Wildman–Crippen LogP) is 8.36. The molecule has 0 bridgehead atoms. The van der Waals surface area contributed by atoms with Crippen LogP contribution in [0.15, 0.2) is 78.4 Å². The van der Waals surface area contributed by atoms with Crippen molar-refractivity contribution in [2.75, 3.05) is 14.1 Å². The molecule has 1 aliphatic rings. The van der Waals surface area contributed by atoms with Crippen molar-refractivity contribution in [3.8, 4) is 0 Å². The van der Waals surface area contributed by atoms with Crippen molar-refractivity contribution in [2.45, 2.75) is 27.2 Å². The average Bonchev–Trinajstić information content (AvgIpc) is 3.14. The van der Waals surface area contributed by atoms with E-state index in [1.807, 2.05) is 14.1 Å². The van der Waals surface area contributed by atoms with Gasteiger partial charge in [-0.25, -0.2) is 11.6 Å². The van der Waals surface area contributed by atoms with Crippen LogP contribution in [-0.4, -0.2) is 14.1 Å². The van der Waals surface area contributed by atoms with E-state index >= 15 is 0 Å². The van der Waals surface area contributed by atoms with Gasteiger partial charge < -0.3 is 35.0 Å². The van der Waals surface area contributed by atoms with Gasteiger partial charge in [-0.05, 0) is 39.1 Å². The molecule has 32 heavy (non-hydrogen) atoms. The van der Waals surface area contributed by atoms with Crippen LogP contribution in [0.3, 0.4) is 0 Å². The number of allylic oxidation sites excluding steroid dienone is 6. The third-order valence-electron chi connectivity index (χ3n) is 3.71. The molecule has 0 aromatic heterocycles. The number of hydrogen-bond donors (Lipinski definition) is 1. The summed E-state index contributed by atoms with van der Waals surface area (Å²) in [4.78, 5) is 0. The minimum atomic E-state index is 0. The van der Waals surface area contributed by atoms with E-state index in [1.165, 1.54) is 27.8 Å². The Balaban J connectivity index is -0.000000149. The summed E-state index contributed by atoms with van der Waals surface area (Å²) >= 11 is 0. The van der Waals surface area contributed by atoms with Crippen molar-refractivity contribution in [1.29, 1.82) is 0 Å². The van der Waals surface area contributed by atoms with Crippen molar-refractivity contribution in [1.82, 2.24) is 5.32 Å². The van der Waals surface area contributed by atoms with Gasteiger partial charge in [0.2, 0.25) is 0 Å². The van der Waals surface area contributed by atoms with Crippen LogP contribution in [0.25, 0.3) is 12.2 Å². The van der Waals surface area contributed by atoms with E-state index < -0.39 is 0 Å². The quantitative estimate of drug-likeness (QED) is 0.272. The Morgan fingerprint density at radius 3 is 1.25 bits per heavy atom. The minimum absolute atomic E-state index is 0. The predicted molar refractivity (Wildman–Crippen MR) is 147 cm³/mol. The van der Waals surface area contributed by atoms with E-state index in [0.717, 1.165) is 6.42 Å². The molecule has 0 fully saturated rings. The summed E-state index contributed by atoms with van der Waals surface area (Å²) in [7, 11) is 3.75. The Morgan fingerprint density at radius 1 is 0.688 bits per heavy atom. The van der Waals surface area contributed by atoms with Crippen LogP contribution in [-0.2, 0) is 21.7 Å². The number of benzene rings is 2. The van der Waals surface area contributed by atoms with Crippen molar-refractivity contribution in [2.24, 2.45) is 0 Å². The number of rotatable bonds is 3. The minimum Gasteiger partial charge on any atom is -0.358 e. The van der Waals surface area contributed by atoms with Crippen molar-refractivity contribution >= 4 is 12.2 Å². The van der Waals surface area contributed by atoms with Crippen molar-refractivity contribution in [3.05, 3.63) is 136 Å². The monoisotopic (exact) mass is 466 g/mol. The van der Waals surface area contributed by atoms with Crippen molar-refractivity contribution < 1.29 is 21.7 Å². The summed E-state index contributed by atoms with van der Waals surface area (Å²) in [5, 5.41) is 2.75. The van der Waals surface area contributed by atoms with Gasteiger partial charge in [-0.15, -0.1) is 6.42 Å². The number of hydrogen-bond acceptors (Lipinski definition) is 1. The molecule has 178 valence electrons. The van der Waals surface area contributed by atoms with Crippen LogP contribution in [0.1, 0.15) is 35.6 Å². The second-order valence-electron chi connectivity index (χ2n) is 6.51. The summed E-state index contributed by atoms with van der Waals surface area (Å²) < 4.78 is 0. The maximum absolute atomic E-state index is 3.12. The van der Waals surface area contributed by atoms with E-state index in [4.69, 9.17) is 0 Å². The fraction of sp³-hybridized carbons (Fsp3) is 0.200. The molecule has 0 heterocycles. The molecule has 1 N–H and O–H groups in total. The van der Waals surface area contributed by atoms with Crippen LogP contribution >= 0.6 is 0 Å². The van der Waals surface area contributed by atoms with Gasteiger partial charge in [0.25, 0.3) is 0 Å². The van der Waals surface area contributed by atoms with E-state index in [0.29, 0.717) is 0 Å². The second kappa shape index (κ2) is 25.3. The van der Waals surface area contributed by atoms with Crippen LogP contribution in [0.4, 0.5) is 0 Å². The van der Waals surface area contributed by atoms with Gasteiger partial charge >= 0.3 is 0 Å². The number of aryl methyl sites for hydroxylation is 2. The molecule has 0 saturated carbocycles. The molecule has 0 saturated heterocycles. The first-order valence-corrected chi connectivity index (χ1v) is 9.35. The second-order valence-corrected chi connectivity index (χ2v) is 6.51. The summed E-state index contributed by atoms with van der Waals surface area (Å²) in [6.45, 7) is 6.26. The zero-order valence-corrected chi connectivity index (χ0v) is 23.4. The van der Waals surface area contributed by atoms with Gasteiger partial charge in [0.15, 0.2) is 0 Å². The fourth-order valence-corrected chi connectivity index (χ4v) is 2.20. The van der Waals surface area contributed by atoms with E-state index in [-0.39, 0.29) is 51.4 Å². The Kier molecular flexibility index (Phi) is 32.0. The fourth-order valence-electron chi connectivity index (χ4n) is 2.20. The van der Waals surface area contributed by atoms with Crippen LogP contribution in [0.2, 0.25) is 0 Å². The standard InChI is InChI=1S/C18H18.C6H7.C2H7N.4CH3.Ti/c1-15-7-11-17(12-8-15)5-3-4-6-18-13-9-16(2)10-14-18;1-6-4-2-3-5-6;1-3-2;;;;;/h3-14H,1-2H3;2,4H,3H2,1H3;3H,1-2H3;4*1H3;/q;-1;;4*-1;. The first-order valence-electron chi connectivity index (χ1n) is 9.35. The van der Waals surface area contributed by atoms with Gasteiger partial charge in [-0.3, -0.25) is 6.08 Å². The van der Waals surface area contributed by atoms with E-state index in [1.54, 1.807) is 0 Å². The molecule has 0 aliphatic heterocycles. The van der Waals surface area contributed by atoms with Gasteiger partial charge in [-0.2, -0.15) is 6.08 Å². The molecule has 0 radical (unpaired) electrons. The SMILES string of the molecule is CC1=[C-]CC=C1.CNC.Cc1ccc(C=CC=Cc2ccc(C)cc2)cc1.[CH3-].[CH3-].[CH3-].[CH3-].[Ti]. The molecular weight excluding hydrogens is 422 g/mol. The van der Waals surface area contributed by atoms with Crippen LogP contribution < -0.4 is 5.32 Å². The summed E-state index contributed by atoms with van der Waals surface area (Å²) in [6, 6.07) is 17.0. The molecule has 0 amide bonds. The molecule has 2 aromatic carbocycles. The third kappa shape index (κ3) is 20.0. The molecule has 0 unspecified atom stereocenters. The van der Waals surface area contributed by atoms with E-state index in [2.05, 4.69) is 117 Å². The largest absolute Gasteiger partial charge is 0.358 e. The first kappa shape index (κ1) is 40.4. The van der Waals surface area contributed by atoms with Gasteiger partial charge in [0, 0.05) is 21.7 Å². The summed E-state index contributed by atoms with van der Waals surface area (Å²) in [5.74, 6) is 0. The van der Waals surface area contributed by atoms with Crippen molar-refractivity contribution in [3.63, 3.8) is 0 Å². The zero-order chi connectivity index (χ0) is 19.9. The summed E-state index contributed by atoms with van der Waals surface area (Å²) in [5.41, 5.74) is 6.32. The van der Waals surface area contributed by atoms with E-state index in [9.17, 15) is 0 Å². The molecule has 2 aromatic rings. The molecule has 0 atom stereocenters. The van der Waals surface area contributed by atoms with Crippen LogP contribution in [0.5, 0.6) is 0 Å². The molecule has 3 rings (SSSR count). The van der Waals surface area contributed by atoms with Gasteiger partial charge in [-0.1, -0.05) is 90.9 Å². The number of nitrogens with one attached hydrogen (secondary N) is 1. The average molecular weight is 467 g/mol. The Morgan fingerprint density at radius 2 is 1.03 bits per heavy atom.